The molecule has 0 bridgehead atoms. The molecular formula is C11H15N5S. The van der Waals surface area contributed by atoms with Gasteiger partial charge in [0.15, 0.2) is 0 Å². The van der Waals surface area contributed by atoms with E-state index in [1.54, 1.807) is 0 Å². The lowest BCUT2D eigenvalue weighted by Crippen LogP contribution is -2.23. The van der Waals surface area contributed by atoms with Gasteiger partial charge in [-0.2, -0.15) is 0 Å². The Hall–Kier alpha value is -1.53. The van der Waals surface area contributed by atoms with Gasteiger partial charge in [-0.15, -0.1) is 5.10 Å². The predicted octanol–water partition coefficient (Wildman–Crippen LogP) is 1.54. The van der Waals surface area contributed by atoms with Crippen molar-refractivity contribution in [1.82, 2.24) is 19.5 Å². The van der Waals surface area contributed by atoms with Crippen LogP contribution in [0.4, 0.5) is 5.00 Å². The van der Waals surface area contributed by atoms with Crippen LogP contribution >= 0.6 is 11.5 Å². The molecule has 5 nitrogen and oxygen atoms in total. The number of hydrogen-bond acceptors (Lipinski definition) is 6. The summed E-state index contributed by atoms with van der Waals surface area (Å²) in [4.78, 5) is 6.28. The highest BCUT2D eigenvalue weighted by Gasteiger charge is 2.10. The number of nitrogens with zero attached hydrogens (tertiary/aromatic N) is 4. The Kier molecular flexibility index (Phi) is 4.00. The maximum atomic E-state index is 5.79. The second-order valence-corrected chi connectivity index (χ2v) is 4.53. The minimum atomic E-state index is 0.707. The normalized spacial score (nSPS) is 10.9. The van der Waals surface area contributed by atoms with Gasteiger partial charge in [0, 0.05) is 37.0 Å². The van der Waals surface area contributed by atoms with Crippen LogP contribution in [0.25, 0.3) is 0 Å². The Morgan fingerprint density at radius 2 is 2.06 bits per heavy atom. The summed E-state index contributed by atoms with van der Waals surface area (Å²) in [6.07, 6.45) is 3.61. The van der Waals surface area contributed by atoms with E-state index in [4.69, 9.17) is 5.73 Å². The van der Waals surface area contributed by atoms with Gasteiger partial charge in [0.05, 0.1) is 0 Å². The van der Waals surface area contributed by atoms with Crippen LogP contribution in [0.1, 0.15) is 18.2 Å². The van der Waals surface area contributed by atoms with Gasteiger partial charge in [-0.1, -0.05) is 11.4 Å². The maximum absolute atomic E-state index is 5.79. The molecule has 0 aliphatic heterocycles. The molecule has 0 aliphatic rings. The molecule has 0 unspecified atom stereocenters. The number of pyridine rings is 1. The van der Waals surface area contributed by atoms with E-state index in [1.165, 1.54) is 17.1 Å². The Balaban J connectivity index is 2.00. The Morgan fingerprint density at radius 3 is 2.65 bits per heavy atom. The third-order valence-electron chi connectivity index (χ3n) is 2.56. The number of anilines is 1. The van der Waals surface area contributed by atoms with Crippen molar-refractivity contribution in [1.29, 1.82) is 0 Å². The minimum Gasteiger partial charge on any atom is -0.388 e. The summed E-state index contributed by atoms with van der Waals surface area (Å²) >= 11 is 1.24. The molecule has 0 spiro atoms. The van der Waals surface area contributed by atoms with Crippen LogP contribution in [0.3, 0.4) is 0 Å². The zero-order valence-electron chi connectivity index (χ0n) is 9.71. The van der Waals surface area contributed by atoms with Crippen LogP contribution in [0, 0.1) is 0 Å². The average Bonchev–Trinajstić information content (AvgIpc) is 2.75. The molecule has 17 heavy (non-hydrogen) atoms. The van der Waals surface area contributed by atoms with Crippen molar-refractivity contribution < 1.29 is 0 Å². The fourth-order valence-electron chi connectivity index (χ4n) is 1.56. The van der Waals surface area contributed by atoms with Gasteiger partial charge >= 0.3 is 0 Å². The summed E-state index contributed by atoms with van der Waals surface area (Å²) in [5.41, 5.74) is 7.90. The quantitative estimate of drug-likeness (QED) is 0.870. The van der Waals surface area contributed by atoms with Gasteiger partial charge in [0.2, 0.25) is 0 Å². The van der Waals surface area contributed by atoms with Gasteiger partial charge in [0.1, 0.15) is 10.7 Å². The Morgan fingerprint density at radius 1 is 1.29 bits per heavy atom. The monoisotopic (exact) mass is 249 g/mol. The molecular weight excluding hydrogens is 234 g/mol. The van der Waals surface area contributed by atoms with Crippen molar-refractivity contribution in [2.45, 2.75) is 20.0 Å². The van der Waals surface area contributed by atoms with Crippen LogP contribution < -0.4 is 5.73 Å². The Bertz CT molecular complexity index is 456. The number of hydrogen-bond donors (Lipinski definition) is 1. The second-order valence-electron chi connectivity index (χ2n) is 3.74. The molecule has 0 saturated carbocycles. The van der Waals surface area contributed by atoms with Crippen molar-refractivity contribution >= 4 is 16.5 Å². The highest BCUT2D eigenvalue weighted by atomic mass is 32.1. The highest BCUT2D eigenvalue weighted by Crippen LogP contribution is 2.15. The Labute approximate surface area is 104 Å². The SMILES string of the molecule is CCN(Cc1ccncc1)Cc1nnsc1N. The fraction of sp³-hybridized carbons (Fsp3) is 0.364. The summed E-state index contributed by atoms with van der Waals surface area (Å²) in [7, 11) is 0. The van der Waals surface area contributed by atoms with Crippen molar-refractivity contribution in [2.24, 2.45) is 0 Å². The smallest absolute Gasteiger partial charge is 0.132 e. The zero-order chi connectivity index (χ0) is 12.1. The van der Waals surface area contributed by atoms with Crippen LogP contribution in [-0.4, -0.2) is 26.0 Å². The van der Waals surface area contributed by atoms with E-state index in [9.17, 15) is 0 Å². The molecule has 2 rings (SSSR count). The molecule has 0 aromatic carbocycles. The minimum absolute atomic E-state index is 0.707. The van der Waals surface area contributed by atoms with Gasteiger partial charge in [-0.25, -0.2) is 0 Å². The lowest BCUT2D eigenvalue weighted by Gasteiger charge is -2.19. The van der Waals surface area contributed by atoms with Crippen molar-refractivity contribution in [3.8, 4) is 0 Å². The molecule has 6 heteroatoms. The zero-order valence-corrected chi connectivity index (χ0v) is 10.5. The molecule has 2 heterocycles. The first-order valence-electron chi connectivity index (χ1n) is 5.47. The second kappa shape index (κ2) is 5.70. The van der Waals surface area contributed by atoms with E-state index in [0.29, 0.717) is 5.00 Å². The van der Waals surface area contributed by atoms with Gasteiger partial charge in [0.25, 0.3) is 0 Å². The third kappa shape index (κ3) is 3.21. The largest absolute Gasteiger partial charge is 0.388 e. The van der Waals surface area contributed by atoms with Gasteiger partial charge in [-0.3, -0.25) is 9.88 Å². The lowest BCUT2D eigenvalue weighted by molar-refractivity contribution is 0.268. The van der Waals surface area contributed by atoms with Crippen LogP contribution in [0.15, 0.2) is 24.5 Å². The van der Waals surface area contributed by atoms with Crippen molar-refractivity contribution in [2.75, 3.05) is 12.3 Å². The summed E-state index contributed by atoms with van der Waals surface area (Å²) in [6.45, 7) is 4.67. The van der Waals surface area contributed by atoms with Crippen molar-refractivity contribution in [3.63, 3.8) is 0 Å². The lowest BCUT2D eigenvalue weighted by atomic mass is 10.2. The first-order valence-corrected chi connectivity index (χ1v) is 6.25. The van der Waals surface area contributed by atoms with Gasteiger partial charge < -0.3 is 5.73 Å². The van der Waals surface area contributed by atoms with E-state index in [1.807, 2.05) is 24.5 Å². The van der Waals surface area contributed by atoms with Crippen LogP contribution in [-0.2, 0) is 13.1 Å². The molecule has 0 radical (unpaired) electrons. The molecule has 2 N–H and O–H groups in total. The topological polar surface area (TPSA) is 67.9 Å². The number of nitrogens with two attached hydrogens (primary N) is 1. The number of aromatic nitrogens is 3. The van der Waals surface area contributed by atoms with Gasteiger partial charge in [-0.05, 0) is 24.2 Å². The van der Waals surface area contributed by atoms with Crippen molar-refractivity contribution in [3.05, 3.63) is 35.8 Å². The van der Waals surface area contributed by atoms with E-state index in [0.717, 1.165) is 25.3 Å². The molecule has 0 amide bonds. The number of nitrogen functional groups attached to an aromatic ring is 1. The van der Waals surface area contributed by atoms with E-state index >= 15 is 0 Å². The highest BCUT2D eigenvalue weighted by molar-refractivity contribution is 7.09. The summed E-state index contributed by atoms with van der Waals surface area (Å²) in [5.74, 6) is 0. The maximum Gasteiger partial charge on any atom is 0.132 e. The first-order chi connectivity index (χ1) is 8.29. The number of rotatable bonds is 5. The molecule has 0 atom stereocenters. The molecule has 0 aliphatic carbocycles. The molecule has 0 saturated heterocycles. The van der Waals surface area contributed by atoms with Crippen LogP contribution in [0.5, 0.6) is 0 Å². The predicted molar refractivity (Wildman–Crippen MR) is 68.3 cm³/mol. The first kappa shape index (κ1) is 11.9. The third-order valence-corrected chi connectivity index (χ3v) is 3.16. The van der Waals surface area contributed by atoms with E-state index in [-0.39, 0.29) is 0 Å². The summed E-state index contributed by atoms with van der Waals surface area (Å²) in [5, 5.41) is 4.74. The summed E-state index contributed by atoms with van der Waals surface area (Å²) in [6, 6.07) is 4.04. The summed E-state index contributed by atoms with van der Waals surface area (Å²) < 4.78 is 3.85. The molecule has 2 aromatic rings. The molecule has 90 valence electrons. The van der Waals surface area contributed by atoms with E-state index in [2.05, 4.69) is 26.4 Å². The standard InChI is InChI=1S/C11H15N5S/c1-2-16(7-9-3-5-13-6-4-9)8-10-11(12)17-15-14-10/h3-6H,2,7-8,12H2,1H3. The fourth-order valence-corrected chi connectivity index (χ4v) is 2.00. The molecule has 0 fully saturated rings. The van der Waals surface area contributed by atoms with E-state index < -0.39 is 0 Å². The average molecular weight is 249 g/mol. The van der Waals surface area contributed by atoms with Crippen LogP contribution in [0.2, 0.25) is 0 Å². The molecule has 2 aromatic heterocycles.